The molecule has 38 heavy (non-hydrogen) atoms. The first-order valence-corrected chi connectivity index (χ1v) is 13.4. The van der Waals surface area contributed by atoms with Crippen LogP contribution in [0, 0.1) is 0 Å². The Morgan fingerprint density at radius 1 is 1.21 bits per heavy atom. The lowest BCUT2D eigenvalue weighted by molar-refractivity contribution is -0.176. The zero-order chi connectivity index (χ0) is 28.0. The van der Waals surface area contributed by atoms with Crippen molar-refractivity contribution < 1.29 is 38.7 Å². The first-order valence-electron chi connectivity index (χ1n) is 11.6. The Balaban J connectivity index is 1.62. The Labute approximate surface area is 225 Å². The van der Waals surface area contributed by atoms with Crippen LogP contribution in [0.25, 0.3) is 0 Å². The molecule has 0 spiro atoms. The van der Waals surface area contributed by atoms with Gasteiger partial charge in [0.05, 0.1) is 4.75 Å². The van der Waals surface area contributed by atoms with E-state index in [1.807, 2.05) is 0 Å². The Morgan fingerprint density at radius 3 is 2.50 bits per heavy atom. The van der Waals surface area contributed by atoms with Crippen LogP contribution in [0.1, 0.15) is 31.7 Å². The fraction of sp³-hybridized carbons (Fsp3) is 0.500. The summed E-state index contributed by atoms with van der Waals surface area (Å²) in [6, 6.07) is -0.223. The molecule has 7 amide bonds. The monoisotopic (exact) mass is 566 g/mol. The number of thioether (sulfide) groups is 1. The predicted octanol–water partition coefficient (Wildman–Crippen LogP) is -1.11. The molecule has 1 aromatic heterocycles. The third-order valence-corrected chi connectivity index (χ3v) is 9.39. The van der Waals surface area contributed by atoms with Gasteiger partial charge in [-0.3, -0.25) is 33.8 Å². The Morgan fingerprint density at radius 2 is 1.92 bits per heavy atom. The molecule has 3 aliphatic heterocycles. The molecule has 3 fully saturated rings. The van der Waals surface area contributed by atoms with Gasteiger partial charge in [0.2, 0.25) is 18.0 Å². The number of fused-ring (bicyclic) bond motifs is 1. The van der Waals surface area contributed by atoms with E-state index in [2.05, 4.69) is 16.0 Å². The lowest BCUT2D eigenvalue weighted by atomic mass is 9.88. The van der Waals surface area contributed by atoms with Crippen molar-refractivity contribution in [3.63, 3.8) is 0 Å². The second-order valence-corrected chi connectivity index (χ2v) is 12.0. The van der Waals surface area contributed by atoms with Crippen molar-refractivity contribution in [1.82, 2.24) is 30.7 Å². The van der Waals surface area contributed by atoms with E-state index in [4.69, 9.17) is 0 Å². The van der Waals surface area contributed by atoms with E-state index >= 15 is 0 Å². The number of hydrogen-bond acceptors (Lipinski definition) is 9. The summed E-state index contributed by atoms with van der Waals surface area (Å²) in [5.74, 6) is -5.02. The number of hydrogen-bond donors (Lipinski definition) is 4. The van der Waals surface area contributed by atoms with Crippen LogP contribution in [-0.2, 0) is 28.8 Å². The van der Waals surface area contributed by atoms with Crippen LogP contribution < -0.4 is 16.0 Å². The number of rotatable bonds is 8. The molecule has 3 aliphatic rings. The molecule has 3 saturated heterocycles. The number of carbonyl (C=O) groups excluding carboxylic acids is 6. The van der Waals surface area contributed by atoms with Gasteiger partial charge in [0.25, 0.3) is 5.91 Å². The average Bonchev–Trinajstić information content (AvgIpc) is 3.46. The lowest BCUT2D eigenvalue weighted by Crippen LogP contribution is -2.80. The highest BCUT2D eigenvalue weighted by atomic mass is 32.2. The number of carboxylic acids is 1. The Kier molecular flexibility index (Phi) is 7.13. The van der Waals surface area contributed by atoms with E-state index in [1.165, 1.54) is 4.90 Å². The molecule has 4 rings (SSSR count). The maximum atomic E-state index is 13.7. The van der Waals surface area contributed by atoms with Gasteiger partial charge in [-0.15, -0.1) is 23.1 Å². The van der Waals surface area contributed by atoms with Crippen molar-refractivity contribution in [2.24, 2.45) is 0 Å². The molecule has 0 radical (unpaired) electrons. The minimum atomic E-state index is -2.21. The Bertz CT molecular complexity index is 1210. The third kappa shape index (κ3) is 4.07. The van der Waals surface area contributed by atoms with Gasteiger partial charge >= 0.3 is 23.8 Å². The first kappa shape index (κ1) is 27.4. The predicted molar refractivity (Wildman–Crippen MR) is 133 cm³/mol. The zero-order valence-corrected chi connectivity index (χ0v) is 22.3. The summed E-state index contributed by atoms with van der Waals surface area (Å²) >= 11 is 2.21. The number of thiophene rings is 1. The zero-order valence-electron chi connectivity index (χ0n) is 20.6. The normalized spacial score (nSPS) is 26.8. The molecular weight excluding hydrogens is 540 g/mol. The number of carbonyl (C=O) groups is 7. The van der Waals surface area contributed by atoms with Crippen LogP contribution in [0.4, 0.5) is 4.79 Å². The van der Waals surface area contributed by atoms with Gasteiger partial charge in [-0.05, 0) is 32.2 Å². The number of piperazine rings is 1. The SMILES string of the molecule is CCN1CCN(C(=O)NC(C(=O)N[C@@]2(C(=O)O)N3C(=O)[C@@H](NC=O)[C@H]3SC2(C)C)c2cccs2)C(=O)C1=O. The molecule has 4 atom stereocenters. The fourth-order valence-electron chi connectivity index (χ4n) is 4.81. The van der Waals surface area contributed by atoms with E-state index in [-0.39, 0.29) is 13.1 Å². The number of β-lactam (4-membered cyclic amide) rings is 1. The van der Waals surface area contributed by atoms with Crippen molar-refractivity contribution in [1.29, 1.82) is 0 Å². The quantitative estimate of drug-likeness (QED) is 0.172. The number of urea groups is 1. The Hall–Kier alpha value is -3.66. The van der Waals surface area contributed by atoms with E-state index < -0.39 is 63.5 Å². The molecule has 0 saturated carbocycles. The van der Waals surface area contributed by atoms with Gasteiger partial charge in [0.1, 0.15) is 17.5 Å². The highest BCUT2D eigenvalue weighted by Crippen LogP contribution is 2.55. The number of aliphatic carboxylic acids is 1. The second-order valence-electron chi connectivity index (χ2n) is 9.23. The average molecular weight is 567 g/mol. The largest absolute Gasteiger partial charge is 0.478 e. The summed E-state index contributed by atoms with van der Waals surface area (Å²) in [5, 5.41) is 18.5. The van der Waals surface area contributed by atoms with Crippen molar-refractivity contribution in [3.05, 3.63) is 22.4 Å². The van der Waals surface area contributed by atoms with Gasteiger partial charge in [-0.2, -0.15) is 0 Å². The van der Waals surface area contributed by atoms with Crippen LogP contribution >= 0.6 is 23.1 Å². The molecule has 0 aromatic carbocycles. The number of likely N-dealkylation sites (N-methyl/N-ethyl adjacent to an activating group) is 1. The lowest BCUT2D eigenvalue weighted by Gasteiger charge is -2.49. The van der Waals surface area contributed by atoms with Gasteiger partial charge in [-0.25, -0.2) is 9.59 Å². The van der Waals surface area contributed by atoms with Gasteiger partial charge in [0, 0.05) is 24.5 Å². The summed E-state index contributed by atoms with van der Waals surface area (Å²) in [7, 11) is 0. The summed E-state index contributed by atoms with van der Waals surface area (Å²) in [6.45, 7) is 5.14. The molecule has 1 aromatic rings. The highest BCUT2D eigenvalue weighted by molar-refractivity contribution is 8.01. The van der Waals surface area contributed by atoms with Crippen LogP contribution in [0.2, 0.25) is 0 Å². The number of carboxylic acid groups (broad SMARTS) is 1. The molecule has 4 heterocycles. The minimum absolute atomic E-state index is 0.0825. The molecular formula is C22H26N6O8S2. The molecule has 0 aliphatic carbocycles. The molecule has 4 N–H and O–H groups in total. The maximum absolute atomic E-state index is 13.7. The summed E-state index contributed by atoms with van der Waals surface area (Å²) in [6.07, 6.45) is 0.349. The van der Waals surface area contributed by atoms with Crippen LogP contribution in [0.3, 0.4) is 0 Å². The maximum Gasteiger partial charge on any atom is 0.352 e. The molecule has 1 unspecified atom stereocenters. The van der Waals surface area contributed by atoms with E-state index in [0.717, 1.165) is 28.0 Å². The molecule has 0 bridgehead atoms. The summed E-state index contributed by atoms with van der Waals surface area (Å²) in [5.41, 5.74) is -2.21. The number of nitrogens with zero attached hydrogens (tertiary/aromatic N) is 3. The summed E-state index contributed by atoms with van der Waals surface area (Å²) < 4.78 is -1.25. The van der Waals surface area contributed by atoms with Crippen LogP contribution in [0.5, 0.6) is 0 Å². The third-order valence-electron chi connectivity index (χ3n) is 6.85. The van der Waals surface area contributed by atoms with Crippen LogP contribution in [0.15, 0.2) is 17.5 Å². The number of amides is 7. The van der Waals surface area contributed by atoms with Crippen molar-refractivity contribution in [2.45, 2.75) is 48.6 Å². The van der Waals surface area contributed by atoms with Gasteiger partial charge in [-0.1, -0.05) is 6.07 Å². The highest BCUT2D eigenvalue weighted by Gasteiger charge is 2.74. The van der Waals surface area contributed by atoms with Gasteiger partial charge < -0.3 is 26.0 Å². The van der Waals surface area contributed by atoms with E-state index in [0.29, 0.717) is 22.7 Å². The second kappa shape index (κ2) is 9.90. The van der Waals surface area contributed by atoms with Crippen molar-refractivity contribution in [2.75, 3.05) is 19.6 Å². The van der Waals surface area contributed by atoms with Crippen molar-refractivity contribution in [3.8, 4) is 0 Å². The topological polar surface area (TPSA) is 186 Å². The molecule has 16 heteroatoms. The summed E-state index contributed by atoms with van der Waals surface area (Å²) in [4.78, 5) is 91.3. The van der Waals surface area contributed by atoms with E-state index in [9.17, 15) is 38.7 Å². The van der Waals surface area contributed by atoms with E-state index in [1.54, 1.807) is 38.3 Å². The molecule has 14 nitrogen and oxygen atoms in total. The fourth-order valence-corrected chi connectivity index (χ4v) is 7.30. The smallest absolute Gasteiger partial charge is 0.352 e. The number of nitrogens with one attached hydrogen (secondary N) is 3. The first-order chi connectivity index (χ1) is 17.9. The standard InChI is InChI=1S/C22H26N6O8S2/c1-4-26-7-8-27(17(33)16(26)32)20(36)24-12(11-6-5-9-37-11)14(30)25-22(19(34)35)21(2,3)38-18-13(23-10-29)15(31)28(18)22/h5-6,9-10,12-13,18H,4,7-8H2,1-3H3,(H,23,29)(H,24,36)(H,25,30)(H,34,35)/t12?,13-,18-,22+/m1/s1. The van der Waals surface area contributed by atoms with Crippen LogP contribution in [-0.4, -0.2) is 103 Å². The van der Waals surface area contributed by atoms with Crippen molar-refractivity contribution >= 4 is 65.1 Å². The minimum Gasteiger partial charge on any atom is -0.478 e. The molecule has 204 valence electrons. The van der Waals surface area contributed by atoms with Gasteiger partial charge in [0.15, 0.2) is 0 Å². The number of imide groups is 1.